The summed E-state index contributed by atoms with van der Waals surface area (Å²) in [5, 5.41) is 6.28. The van der Waals surface area contributed by atoms with Gasteiger partial charge in [0, 0.05) is 12.6 Å². The molecule has 0 unspecified atom stereocenters. The number of piperidine rings is 1. The van der Waals surface area contributed by atoms with Gasteiger partial charge in [-0.2, -0.15) is 0 Å². The van der Waals surface area contributed by atoms with E-state index in [1.165, 1.54) is 5.56 Å². The first-order valence-electron chi connectivity index (χ1n) is 7.38. The largest absolute Gasteiger partial charge is 0.484 e. The fraction of sp³-hybridized carbons (Fsp3) is 0.562. The summed E-state index contributed by atoms with van der Waals surface area (Å²) in [7, 11) is 0. The number of nitrogens with one attached hydrogen (secondary N) is 2. The summed E-state index contributed by atoms with van der Waals surface area (Å²) >= 11 is 0. The first kappa shape index (κ1) is 17.8. The lowest BCUT2D eigenvalue weighted by molar-refractivity contribution is -0.123. The van der Waals surface area contributed by atoms with Crippen LogP contribution >= 0.6 is 12.4 Å². The minimum atomic E-state index is -0.0475. The number of halogens is 1. The van der Waals surface area contributed by atoms with Crippen molar-refractivity contribution in [1.29, 1.82) is 0 Å². The van der Waals surface area contributed by atoms with Crippen LogP contribution in [0.4, 0.5) is 0 Å². The Labute approximate surface area is 133 Å². The second-order valence-electron chi connectivity index (χ2n) is 5.63. The fourth-order valence-electron chi connectivity index (χ4n) is 2.36. The molecular formula is C16H25ClN2O2. The number of carbonyl (C=O) groups excluding carboxylic acids is 1. The molecule has 1 aliphatic heterocycles. The molecule has 1 atom stereocenters. The monoisotopic (exact) mass is 312 g/mol. The molecule has 1 saturated heterocycles. The highest BCUT2D eigenvalue weighted by Crippen LogP contribution is 2.19. The third-order valence-corrected chi connectivity index (χ3v) is 3.56. The van der Waals surface area contributed by atoms with Crippen molar-refractivity contribution in [1.82, 2.24) is 10.6 Å². The van der Waals surface area contributed by atoms with Crippen LogP contribution in [0.3, 0.4) is 0 Å². The zero-order valence-corrected chi connectivity index (χ0v) is 13.5. The first-order chi connectivity index (χ1) is 9.65. The van der Waals surface area contributed by atoms with Gasteiger partial charge in [-0.15, -0.1) is 12.4 Å². The number of hydrogen-bond acceptors (Lipinski definition) is 3. The van der Waals surface area contributed by atoms with Crippen molar-refractivity contribution in [2.75, 3.05) is 19.7 Å². The average molecular weight is 313 g/mol. The van der Waals surface area contributed by atoms with Crippen molar-refractivity contribution < 1.29 is 9.53 Å². The second-order valence-corrected chi connectivity index (χ2v) is 5.63. The molecule has 1 aromatic rings. The number of benzene rings is 1. The SMILES string of the molecule is CC(C)c1cccc(OCC(=O)N[C@H]2CCCNC2)c1.Cl. The number of carbonyl (C=O) groups is 1. The van der Waals surface area contributed by atoms with Crippen LogP contribution in [0, 0.1) is 0 Å². The van der Waals surface area contributed by atoms with Gasteiger partial charge in [-0.1, -0.05) is 26.0 Å². The lowest BCUT2D eigenvalue weighted by Crippen LogP contribution is -2.46. The second kappa shape index (κ2) is 8.90. The number of rotatable bonds is 5. The molecular weight excluding hydrogens is 288 g/mol. The highest BCUT2D eigenvalue weighted by atomic mass is 35.5. The van der Waals surface area contributed by atoms with Crippen molar-refractivity contribution in [2.24, 2.45) is 0 Å². The molecule has 21 heavy (non-hydrogen) atoms. The van der Waals surface area contributed by atoms with Crippen LogP contribution < -0.4 is 15.4 Å². The molecule has 1 aliphatic rings. The normalized spacial score (nSPS) is 18.0. The summed E-state index contributed by atoms with van der Waals surface area (Å²) in [6.45, 7) is 6.27. The van der Waals surface area contributed by atoms with E-state index < -0.39 is 0 Å². The third kappa shape index (κ3) is 5.94. The van der Waals surface area contributed by atoms with Crippen molar-refractivity contribution in [3.05, 3.63) is 29.8 Å². The molecule has 118 valence electrons. The number of hydrogen-bond donors (Lipinski definition) is 2. The van der Waals surface area contributed by atoms with Gasteiger partial charge >= 0.3 is 0 Å². The van der Waals surface area contributed by atoms with Crippen molar-refractivity contribution in [3.63, 3.8) is 0 Å². The van der Waals surface area contributed by atoms with Crippen LogP contribution in [-0.4, -0.2) is 31.6 Å². The molecule has 1 fully saturated rings. The van der Waals surface area contributed by atoms with Crippen LogP contribution in [0.15, 0.2) is 24.3 Å². The molecule has 2 rings (SSSR count). The van der Waals surface area contributed by atoms with Crippen LogP contribution in [0.2, 0.25) is 0 Å². The Morgan fingerprint density at radius 3 is 2.95 bits per heavy atom. The van der Waals surface area contributed by atoms with E-state index >= 15 is 0 Å². The maximum Gasteiger partial charge on any atom is 0.258 e. The Morgan fingerprint density at radius 2 is 2.29 bits per heavy atom. The fourth-order valence-corrected chi connectivity index (χ4v) is 2.36. The van der Waals surface area contributed by atoms with E-state index in [9.17, 15) is 4.79 Å². The van der Waals surface area contributed by atoms with E-state index in [1.54, 1.807) is 0 Å². The van der Waals surface area contributed by atoms with E-state index in [4.69, 9.17) is 4.74 Å². The molecule has 1 aromatic carbocycles. The molecule has 4 nitrogen and oxygen atoms in total. The Hall–Kier alpha value is -1.26. The van der Waals surface area contributed by atoms with Crippen LogP contribution in [0.1, 0.15) is 38.2 Å². The predicted molar refractivity (Wildman–Crippen MR) is 87.3 cm³/mol. The van der Waals surface area contributed by atoms with E-state index in [2.05, 4.69) is 30.5 Å². The van der Waals surface area contributed by atoms with E-state index in [0.717, 1.165) is 31.7 Å². The molecule has 0 aromatic heterocycles. The summed E-state index contributed by atoms with van der Waals surface area (Å²) in [6, 6.07) is 8.17. The molecule has 0 radical (unpaired) electrons. The van der Waals surface area contributed by atoms with Gasteiger partial charge in [0.05, 0.1) is 0 Å². The Balaban J connectivity index is 0.00000220. The molecule has 5 heteroatoms. The van der Waals surface area contributed by atoms with Crippen LogP contribution in [-0.2, 0) is 4.79 Å². The highest BCUT2D eigenvalue weighted by molar-refractivity contribution is 5.85. The Kier molecular flexibility index (Phi) is 7.54. The van der Waals surface area contributed by atoms with Gasteiger partial charge in [0.1, 0.15) is 5.75 Å². The minimum absolute atomic E-state index is 0. The van der Waals surface area contributed by atoms with E-state index in [-0.39, 0.29) is 31.0 Å². The van der Waals surface area contributed by atoms with Gasteiger partial charge in [0.15, 0.2) is 6.61 Å². The molecule has 1 heterocycles. The molecule has 0 aliphatic carbocycles. The number of amides is 1. The molecule has 0 spiro atoms. The van der Waals surface area contributed by atoms with Crippen LogP contribution in [0.25, 0.3) is 0 Å². The van der Waals surface area contributed by atoms with Crippen molar-refractivity contribution >= 4 is 18.3 Å². The van der Waals surface area contributed by atoms with Gasteiger partial charge in [0.2, 0.25) is 0 Å². The van der Waals surface area contributed by atoms with Gasteiger partial charge < -0.3 is 15.4 Å². The van der Waals surface area contributed by atoms with Crippen molar-refractivity contribution in [2.45, 2.75) is 38.6 Å². The zero-order chi connectivity index (χ0) is 14.4. The first-order valence-corrected chi connectivity index (χ1v) is 7.38. The van der Waals surface area contributed by atoms with Crippen LogP contribution in [0.5, 0.6) is 5.75 Å². The van der Waals surface area contributed by atoms with E-state index in [0.29, 0.717) is 5.92 Å². The lowest BCUT2D eigenvalue weighted by Gasteiger charge is -2.23. The topological polar surface area (TPSA) is 50.4 Å². The lowest BCUT2D eigenvalue weighted by atomic mass is 10.0. The number of ether oxygens (including phenoxy) is 1. The van der Waals surface area contributed by atoms with Gasteiger partial charge in [0.25, 0.3) is 5.91 Å². The highest BCUT2D eigenvalue weighted by Gasteiger charge is 2.15. The van der Waals surface area contributed by atoms with Gasteiger partial charge in [-0.05, 0) is 43.0 Å². The third-order valence-electron chi connectivity index (χ3n) is 3.56. The Morgan fingerprint density at radius 1 is 1.48 bits per heavy atom. The average Bonchev–Trinajstić information content (AvgIpc) is 2.46. The maximum absolute atomic E-state index is 11.8. The summed E-state index contributed by atoms with van der Waals surface area (Å²) in [6.07, 6.45) is 2.16. The minimum Gasteiger partial charge on any atom is -0.484 e. The smallest absolute Gasteiger partial charge is 0.258 e. The predicted octanol–water partition coefficient (Wildman–Crippen LogP) is 2.48. The van der Waals surface area contributed by atoms with Gasteiger partial charge in [-0.3, -0.25) is 4.79 Å². The molecule has 0 bridgehead atoms. The van der Waals surface area contributed by atoms with E-state index in [1.807, 2.05) is 18.2 Å². The Bertz CT molecular complexity index is 446. The summed E-state index contributed by atoms with van der Waals surface area (Å²) in [5.74, 6) is 1.17. The molecule has 2 N–H and O–H groups in total. The molecule has 0 saturated carbocycles. The van der Waals surface area contributed by atoms with Gasteiger partial charge in [-0.25, -0.2) is 0 Å². The zero-order valence-electron chi connectivity index (χ0n) is 12.7. The van der Waals surface area contributed by atoms with Crippen molar-refractivity contribution in [3.8, 4) is 5.75 Å². The summed E-state index contributed by atoms with van der Waals surface area (Å²) in [5.41, 5.74) is 1.22. The molecule has 1 amide bonds. The quantitative estimate of drug-likeness (QED) is 0.878. The summed E-state index contributed by atoms with van der Waals surface area (Å²) in [4.78, 5) is 11.8. The summed E-state index contributed by atoms with van der Waals surface area (Å²) < 4.78 is 5.57. The standard InChI is InChI=1S/C16H24N2O2.ClH/c1-12(2)13-5-3-7-15(9-13)20-11-16(19)18-14-6-4-8-17-10-14;/h3,5,7,9,12,14,17H,4,6,8,10-11H2,1-2H3,(H,18,19);1H/t14-;/m0./s1. The maximum atomic E-state index is 11.8.